The third kappa shape index (κ3) is 4.39. The predicted octanol–water partition coefficient (Wildman–Crippen LogP) is 0.424. The van der Waals surface area contributed by atoms with Crippen LogP contribution in [0, 0.1) is 0 Å². The zero-order valence-corrected chi connectivity index (χ0v) is 19.5. The summed E-state index contributed by atoms with van der Waals surface area (Å²) in [4.78, 5) is 37.6. The second-order valence-corrected chi connectivity index (χ2v) is 8.12. The number of likely N-dealkylation sites (N-methyl/N-ethyl adjacent to an activating group) is 1. The number of amides is 2. The number of nitrogens with one attached hydrogen (secondary N) is 1. The molecule has 4 rings (SSSR count). The number of carbonyl (C=O) groups is 3. The van der Waals surface area contributed by atoms with Gasteiger partial charge < -0.3 is 45.3 Å². The van der Waals surface area contributed by atoms with E-state index in [2.05, 4.69) is 15.6 Å². The van der Waals surface area contributed by atoms with Crippen molar-refractivity contribution < 1.29 is 44.7 Å². The second kappa shape index (κ2) is 9.93. The van der Waals surface area contributed by atoms with Crippen molar-refractivity contribution in [2.45, 2.75) is 32.0 Å². The highest BCUT2D eigenvalue weighted by atomic mass is 16.5. The molecule has 0 aliphatic carbocycles. The van der Waals surface area contributed by atoms with Crippen molar-refractivity contribution in [3.8, 4) is 40.2 Å². The zero-order valence-electron chi connectivity index (χ0n) is 19.5. The van der Waals surface area contributed by atoms with E-state index in [0.29, 0.717) is 23.2 Å². The van der Waals surface area contributed by atoms with E-state index in [0.717, 1.165) is 4.68 Å². The highest BCUT2D eigenvalue weighted by molar-refractivity contribution is 6.01. The molecule has 0 bridgehead atoms. The summed E-state index contributed by atoms with van der Waals surface area (Å²) >= 11 is 0. The van der Waals surface area contributed by atoms with Gasteiger partial charge in [-0.15, -0.1) is 5.10 Å². The minimum atomic E-state index is -1.10. The molecule has 1 unspecified atom stereocenters. The first kappa shape index (κ1) is 25.1. The molecule has 2 heterocycles. The molecule has 0 radical (unpaired) electrons. The highest BCUT2D eigenvalue weighted by Gasteiger charge is 2.37. The molecule has 37 heavy (non-hydrogen) atoms. The Morgan fingerprint density at radius 3 is 2.46 bits per heavy atom. The third-order valence-corrected chi connectivity index (χ3v) is 5.93. The van der Waals surface area contributed by atoms with Gasteiger partial charge in [-0.05, 0) is 18.6 Å². The normalized spacial score (nSPS) is 13.3. The van der Waals surface area contributed by atoms with Gasteiger partial charge in [0.25, 0.3) is 5.91 Å². The summed E-state index contributed by atoms with van der Waals surface area (Å²) in [6.07, 6.45) is 2.21. The lowest BCUT2D eigenvalue weighted by Crippen LogP contribution is -2.46. The molecule has 6 N–H and O–H groups in total. The van der Waals surface area contributed by atoms with Crippen LogP contribution in [-0.4, -0.2) is 76.6 Å². The lowest BCUT2D eigenvalue weighted by molar-refractivity contribution is -0.125. The third-order valence-electron chi connectivity index (χ3n) is 5.93. The number of hydrogen-bond donors (Lipinski definition) is 6. The minimum absolute atomic E-state index is 0.0851. The van der Waals surface area contributed by atoms with Crippen molar-refractivity contribution in [2.24, 2.45) is 0 Å². The number of hydrogen-bond acceptors (Lipinski definition) is 11. The fourth-order valence-electron chi connectivity index (χ4n) is 4.05. The molecule has 0 saturated heterocycles. The summed E-state index contributed by atoms with van der Waals surface area (Å²) in [5.41, 5.74) is 0.581. The molecule has 194 valence electrons. The topological polar surface area (TPSA) is 208 Å². The lowest BCUT2D eigenvalue weighted by atomic mass is 10.1. The molecular weight excluding hydrogens is 490 g/mol. The van der Waals surface area contributed by atoms with E-state index in [4.69, 9.17) is 4.74 Å². The first-order valence-electron chi connectivity index (χ1n) is 11.0. The average molecular weight is 513 g/mol. The minimum Gasteiger partial charge on any atom is -0.503 e. The zero-order chi connectivity index (χ0) is 26.9. The molecule has 0 fully saturated rings. The van der Waals surface area contributed by atoms with Crippen LogP contribution in [0.2, 0.25) is 0 Å². The number of phenolic OH excluding ortho intramolecular Hbond substituents is 5. The maximum absolute atomic E-state index is 13.0. The number of carbonyl (C=O) groups excluding carboxylic acids is 3. The Bertz CT molecular complexity index is 1360. The number of aromatic nitrogens is 3. The molecular formula is C23H23N5O9. The van der Waals surface area contributed by atoms with Crippen LogP contribution in [0.4, 0.5) is 0 Å². The molecule has 1 atom stereocenters. The van der Waals surface area contributed by atoms with E-state index in [1.54, 1.807) is 18.2 Å². The Labute approximate surface area is 208 Å². The van der Waals surface area contributed by atoms with Gasteiger partial charge in [0.15, 0.2) is 17.2 Å². The molecule has 0 saturated carbocycles. The number of aromatic hydroxyl groups is 5. The summed E-state index contributed by atoms with van der Waals surface area (Å²) in [7, 11) is 1.45. The number of fused-ring (bicyclic) bond motifs is 1. The summed E-state index contributed by atoms with van der Waals surface area (Å²) in [6.45, 7) is -0.0754. The summed E-state index contributed by atoms with van der Waals surface area (Å²) in [5, 5.41) is 59.3. The van der Waals surface area contributed by atoms with E-state index >= 15 is 0 Å². The molecule has 2 amide bonds. The molecule has 14 nitrogen and oxygen atoms in total. The quantitative estimate of drug-likeness (QED) is 0.131. The summed E-state index contributed by atoms with van der Waals surface area (Å²) in [6, 6.07) is 4.02. The Morgan fingerprint density at radius 1 is 1.14 bits per heavy atom. The van der Waals surface area contributed by atoms with Crippen molar-refractivity contribution >= 4 is 18.1 Å². The van der Waals surface area contributed by atoms with Crippen molar-refractivity contribution in [1.82, 2.24) is 25.2 Å². The van der Waals surface area contributed by atoms with Crippen LogP contribution in [0.3, 0.4) is 0 Å². The summed E-state index contributed by atoms with van der Waals surface area (Å²) in [5.74, 6) is -5.52. The fourth-order valence-corrected chi connectivity index (χ4v) is 4.05. The number of ether oxygens (including phenoxy) is 1. The number of rotatable bonds is 9. The fraction of sp³-hybridized carbons (Fsp3) is 0.261. The van der Waals surface area contributed by atoms with E-state index in [9.17, 15) is 39.9 Å². The SMILES string of the molecule is CNC(=O)C(CCC=O)N1Cc2c(OCc3cn(-c4c(O)c(O)c(O)c(O)c4O)nn3)cccc2C1=O. The molecule has 2 aromatic carbocycles. The largest absolute Gasteiger partial charge is 0.503 e. The monoisotopic (exact) mass is 513 g/mol. The summed E-state index contributed by atoms with van der Waals surface area (Å²) < 4.78 is 6.71. The van der Waals surface area contributed by atoms with Crippen LogP contribution >= 0.6 is 0 Å². The van der Waals surface area contributed by atoms with Crippen LogP contribution in [-0.2, 0) is 22.7 Å². The first-order chi connectivity index (χ1) is 17.7. The molecule has 3 aromatic rings. The number of phenols is 5. The smallest absolute Gasteiger partial charge is 0.255 e. The number of aldehydes is 1. The van der Waals surface area contributed by atoms with Crippen LogP contribution < -0.4 is 10.1 Å². The van der Waals surface area contributed by atoms with Gasteiger partial charge in [0.05, 0.1) is 12.7 Å². The Morgan fingerprint density at radius 2 is 1.81 bits per heavy atom. The highest BCUT2D eigenvalue weighted by Crippen LogP contribution is 2.52. The van der Waals surface area contributed by atoms with Crippen molar-refractivity contribution in [1.29, 1.82) is 0 Å². The van der Waals surface area contributed by atoms with Crippen LogP contribution in [0.15, 0.2) is 24.4 Å². The van der Waals surface area contributed by atoms with E-state index in [1.807, 2.05) is 0 Å². The van der Waals surface area contributed by atoms with Crippen molar-refractivity contribution in [3.63, 3.8) is 0 Å². The van der Waals surface area contributed by atoms with Gasteiger partial charge in [-0.2, -0.15) is 0 Å². The van der Waals surface area contributed by atoms with Gasteiger partial charge in [0.2, 0.25) is 23.2 Å². The predicted molar refractivity (Wildman–Crippen MR) is 123 cm³/mol. The first-order valence-corrected chi connectivity index (χ1v) is 11.0. The number of benzene rings is 2. The molecule has 14 heteroatoms. The van der Waals surface area contributed by atoms with Gasteiger partial charge in [0, 0.05) is 24.6 Å². The van der Waals surface area contributed by atoms with Crippen molar-refractivity contribution in [2.75, 3.05) is 7.05 Å². The molecule has 0 spiro atoms. The van der Waals surface area contributed by atoms with Crippen LogP contribution in [0.1, 0.15) is 34.5 Å². The van der Waals surface area contributed by atoms with Gasteiger partial charge >= 0.3 is 0 Å². The molecule has 1 aliphatic heterocycles. The van der Waals surface area contributed by atoms with E-state index in [1.165, 1.54) is 18.1 Å². The molecule has 1 aromatic heterocycles. The van der Waals surface area contributed by atoms with Gasteiger partial charge in [0.1, 0.15) is 30.4 Å². The number of nitrogens with zero attached hydrogens (tertiary/aromatic N) is 4. The van der Waals surface area contributed by atoms with Crippen molar-refractivity contribution in [3.05, 3.63) is 41.2 Å². The van der Waals surface area contributed by atoms with Gasteiger partial charge in [-0.1, -0.05) is 11.3 Å². The second-order valence-electron chi connectivity index (χ2n) is 8.12. The Kier molecular flexibility index (Phi) is 6.73. The van der Waals surface area contributed by atoms with Gasteiger partial charge in [-0.25, -0.2) is 4.68 Å². The standard InChI is InChI=1S/C23H23N5O9/c1-24-22(35)14(5-3-7-29)27-9-13-12(23(27)36)4-2-6-15(13)37-10-11-8-28(26-25-11)16-17(30)19(32)21(34)20(33)18(16)31/h2,4,6-8,14,30-34H,3,5,9-10H2,1H3,(H,24,35). The van der Waals surface area contributed by atoms with Gasteiger partial charge in [-0.3, -0.25) is 9.59 Å². The Hall–Kier alpha value is -5.01. The molecule has 1 aliphatic rings. The van der Waals surface area contributed by atoms with Crippen LogP contribution in [0.25, 0.3) is 5.69 Å². The van der Waals surface area contributed by atoms with E-state index in [-0.39, 0.29) is 43.5 Å². The van der Waals surface area contributed by atoms with Crippen LogP contribution in [0.5, 0.6) is 34.5 Å². The average Bonchev–Trinajstić information content (AvgIpc) is 3.50. The maximum Gasteiger partial charge on any atom is 0.255 e. The lowest BCUT2D eigenvalue weighted by Gasteiger charge is -2.25. The van der Waals surface area contributed by atoms with E-state index < -0.39 is 40.5 Å². The maximum atomic E-state index is 13.0. The Balaban J connectivity index is 1.55.